The molecule has 0 atom stereocenters. The van der Waals surface area contributed by atoms with Gasteiger partial charge in [-0.2, -0.15) is 5.26 Å². The van der Waals surface area contributed by atoms with Gasteiger partial charge >= 0.3 is 5.97 Å². The Morgan fingerprint density at radius 1 is 1.47 bits per heavy atom. The van der Waals surface area contributed by atoms with Gasteiger partial charge in [0, 0.05) is 0 Å². The van der Waals surface area contributed by atoms with E-state index >= 15 is 0 Å². The number of esters is 1. The lowest BCUT2D eigenvalue weighted by Gasteiger charge is -2.07. The molecule has 0 aliphatic carbocycles. The molecular formula is C10H8INO3. The van der Waals surface area contributed by atoms with Crippen LogP contribution in [0.4, 0.5) is 0 Å². The molecule has 0 bridgehead atoms. The van der Waals surface area contributed by atoms with Crippen LogP contribution in [-0.4, -0.2) is 20.2 Å². The van der Waals surface area contributed by atoms with Gasteiger partial charge in [-0.05, 0) is 34.7 Å². The number of nitrogens with zero attached hydrogens (tertiary/aromatic N) is 1. The van der Waals surface area contributed by atoms with Crippen LogP contribution >= 0.6 is 22.6 Å². The van der Waals surface area contributed by atoms with Crippen LogP contribution in [0.25, 0.3) is 0 Å². The first-order valence-electron chi connectivity index (χ1n) is 4.00. The fourth-order valence-electron chi connectivity index (χ4n) is 1.10. The van der Waals surface area contributed by atoms with Gasteiger partial charge in [0.05, 0.1) is 28.9 Å². The highest BCUT2D eigenvalue weighted by atomic mass is 127. The number of carbonyl (C=O) groups excluding carboxylic acids is 1. The monoisotopic (exact) mass is 317 g/mol. The molecule has 0 aliphatic heterocycles. The molecule has 5 heteroatoms. The van der Waals surface area contributed by atoms with Gasteiger partial charge < -0.3 is 9.47 Å². The lowest BCUT2D eigenvalue weighted by Crippen LogP contribution is -2.06. The van der Waals surface area contributed by atoms with Crippen molar-refractivity contribution in [3.63, 3.8) is 0 Å². The van der Waals surface area contributed by atoms with Crippen LogP contribution < -0.4 is 4.74 Å². The highest BCUT2D eigenvalue weighted by Crippen LogP contribution is 2.26. The second-order valence-electron chi connectivity index (χ2n) is 2.61. The fourth-order valence-corrected chi connectivity index (χ4v) is 1.92. The molecule has 0 aromatic heterocycles. The summed E-state index contributed by atoms with van der Waals surface area (Å²) in [6.45, 7) is 0. The number of hydrogen-bond donors (Lipinski definition) is 0. The van der Waals surface area contributed by atoms with E-state index in [4.69, 9.17) is 10.00 Å². The summed E-state index contributed by atoms with van der Waals surface area (Å²) in [6, 6.07) is 5.12. The van der Waals surface area contributed by atoms with Crippen molar-refractivity contribution in [3.05, 3.63) is 26.8 Å². The van der Waals surface area contributed by atoms with Gasteiger partial charge in [-0.25, -0.2) is 4.79 Å². The van der Waals surface area contributed by atoms with E-state index in [0.717, 1.165) is 0 Å². The molecule has 1 rings (SSSR count). The zero-order valence-electron chi connectivity index (χ0n) is 8.20. The molecule has 1 aromatic rings. The number of benzene rings is 1. The van der Waals surface area contributed by atoms with Crippen LogP contribution in [0.15, 0.2) is 12.1 Å². The van der Waals surface area contributed by atoms with Crippen molar-refractivity contribution in [2.45, 2.75) is 0 Å². The normalized spacial score (nSPS) is 9.20. The first-order valence-corrected chi connectivity index (χ1v) is 5.08. The zero-order valence-corrected chi connectivity index (χ0v) is 10.4. The van der Waals surface area contributed by atoms with E-state index in [9.17, 15) is 4.79 Å². The van der Waals surface area contributed by atoms with Crippen LogP contribution in [0.1, 0.15) is 15.9 Å². The van der Waals surface area contributed by atoms with Gasteiger partial charge in [0.1, 0.15) is 11.8 Å². The van der Waals surface area contributed by atoms with Crippen LogP contribution in [0.5, 0.6) is 5.75 Å². The van der Waals surface area contributed by atoms with Crippen molar-refractivity contribution in [2.24, 2.45) is 0 Å². The van der Waals surface area contributed by atoms with E-state index in [1.165, 1.54) is 20.3 Å². The summed E-state index contributed by atoms with van der Waals surface area (Å²) >= 11 is 1.96. The van der Waals surface area contributed by atoms with Gasteiger partial charge in [-0.1, -0.05) is 0 Å². The quantitative estimate of drug-likeness (QED) is 0.618. The fraction of sp³-hybridized carbons (Fsp3) is 0.200. The number of rotatable bonds is 2. The summed E-state index contributed by atoms with van der Waals surface area (Å²) in [7, 11) is 2.79. The number of hydrogen-bond acceptors (Lipinski definition) is 4. The predicted octanol–water partition coefficient (Wildman–Crippen LogP) is 1.96. The molecule has 0 unspecified atom stereocenters. The second-order valence-corrected chi connectivity index (χ2v) is 3.69. The van der Waals surface area contributed by atoms with Gasteiger partial charge in [-0.3, -0.25) is 0 Å². The van der Waals surface area contributed by atoms with Crippen LogP contribution in [0.3, 0.4) is 0 Å². The molecule has 0 fully saturated rings. The largest absolute Gasteiger partial charge is 0.496 e. The molecule has 0 saturated carbocycles. The van der Waals surface area contributed by atoms with Gasteiger partial charge in [0.2, 0.25) is 0 Å². The van der Waals surface area contributed by atoms with E-state index in [1.807, 2.05) is 28.7 Å². The number of ether oxygens (including phenoxy) is 2. The van der Waals surface area contributed by atoms with Crippen LogP contribution in [0, 0.1) is 14.9 Å². The zero-order chi connectivity index (χ0) is 11.4. The summed E-state index contributed by atoms with van der Waals surface area (Å²) in [5.41, 5.74) is 0.534. The molecule has 0 saturated heterocycles. The van der Waals surface area contributed by atoms with Gasteiger partial charge in [0.25, 0.3) is 0 Å². The Labute approximate surface area is 101 Å². The number of carbonyl (C=O) groups is 1. The van der Waals surface area contributed by atoms with Gasteiger partial charge in [0.15, 0.2) is 0 Å². The Balaban J connectivity index is 3.39. The standard InChI is InChI=1S/C10H8INO3/c1-14-8-4-3-6(10(13)15-2)7(5-12)9(8)11/h3-4H,1-2H3. The highest BCUT2D eigenvalue weighted by Gasteiger charge is 2.17. The highest BCUT2D eigenvalue weighted by molar-refractivity contribution is 14.1. The summed E-state index contributed by atoms with van der Waals surface area (Å²) in [5, 5.41) is 8.95. The van der Waals surface area contributed by atoms with E-state index < -0.39 is 5.97 Å². The number of halogens is 1. The molecule has 0 amide bonds. The van der Waals surface area contributed by atoms with E-state index in [0.29, 0.717) is 9.32 Å². The summed E-state index contributed by atoms with van der Waals surface area (Å²) in [5.74, 6) is 0.0481. The first kappa shape index (κ1) is 11.8. The minimum atomic E-state index is -0.521. The predicted molar refractivity (Wildman–Crippen MR) is 61.8 cm³/mol. The van der Waals surface area contributed by atoms with Crippen LogP contribution in [0.2, 0.25) is 0 Å². The number of nitriles is 1. The Morgan fingerprint density at radius 2 is 2.13 bits per heavy atom. The van der Waals surface area contributed by atoms with Crippen molar-refractivity contribution in [1.82, 2.24) is 0 Å². The van der Waals surface area contributed by atoms with Crippen LogP contribution in [-0.2, 0) is 4.74 Å². The average molecular weight is 317 g/mol. The van der Waals surface area contributed by atoms with Crippen molar-refractivity contribution in [1.29, 1.82) is 5.26 Å². The summed E-state index contributed by atoms with van der Waals surface area (Å²) in [4.78, 5) is 11.3. The van der Waals surface area contributed by atoms with Crippen molar-refractivity contribution in [3.8, 4) is 11.8 Å². The smallest absolute Gasteiger partial charge is 0.339 e. The average Bonchev–Trinajstić information content (AvgIpc) is 2.27. The SMILES string of the molecule is COC(=O)c1ccc(OC)c(I)c1C#N. The Hall–Kier alpha value is -1.29. The maximum Gasteiger partial charge on any atom is 0.339 e. The first-order chi connectivity index (χ1) is 7.15. The maximum absolute atomic E-state index is 11.3. The summed E-state index contributed by atoms with van der Waals surface area (Å²) < 4.78 is 10.2. The molecule has 1 aromatic carbocycles. The summed E-state index contributed by atoms with van der Waals surface area (Å²) in [6.07, 6.45) is 0. The molecule has 78 valence electrons. The molecule has 4 nitrogen and oxygen atoms in total. The van der Waals surface area contributed by atoms with Crippen molar-refractivity contribution < 1.29 is 14.3 Å². The molecule has 0 spiro atoms. The lowest BCUT2D eigenvalue weighted by atomic mass is 10.1. The minimum Gasteiger partial charge on any atom is -0.496 e. The Kier molecular flexibility index (Phi) is 3.91. The van der Waals surface area contributed by atoms with E-state index in [-0.39, 0.29) is 11.1 Å². The van der Waals surface area contributed by atoms with Crippen molar-refractivity contribution >= 4 is 28.6 Å². The molecule has 0 heterocycles. The topological polar surface area (TPSA) is 59.3 Å². The third kappa shape index (κ3) is 2.21. The molecule has 0 aliphatic rings. The van der Waals surface area contributed by atoms with Crippen molar-refractivity contribution in [2.75, 3.05) is 14.2 Å². The molecule has 15 heavy (non-hydrogen) atoms. The van der Waals surface area contributed by atoms with Gasteiger partial charge in [-0.15, -0.1) is 0 Å². The number of methoxy groups -OCH3 is 2. The molecule has 0 N–H and O–H groups in total. The lowest BCUT2D eigenvalue weighted by molar-refractivity contribution is 0.0600. The van der Waals surface area contributed by atoms with E-state index in [1.54, 1.807) is 6.07 Å². The molecular weight excluding hydrogens is 309 g/mol. The minimum absolute atomic E-state index is 0.255. The molecule has 0 radical (unpaired) electrons. The maximum atomic E-state index is 11.3. The third-order valence-corrected chi connectivity index (χ3v) is 2.91. The third-order valence-electron chi connectivity index (χ3n) is 1.84. The second kappa shape index (κ2) is 4.98. The van der Waals surface area contributed by atoms with E-state index in [2.05, 4.69) is 4.74 Å². The Bertz CT molecular complexity index is 437. The Morgan fingerprint density at radius 3 is 2.60 bits per heavy atom.